The molecule has 152 valence electrons. The first kappa shape index (κ1) is 19.9. The minimum atomic E-state index is 0.695. The number of imidazole rings is 1. The van der Waals surface area contributed by atoms with E-state index in [0.29, 0.717) is 5.02 Å². The minimum absolute atomic E-state index is 0.695. The molecule has 1 aromatic carbocycles. The van der Waals surface area contributed by atoms with Gasteiger partial charge in [0.05, 0.1) is 26.7 Å². The summed E-state index contributed by atoms with van der Waals surface area (Å²) >= 11 is 11.1. The molecule has 0 unspecified atom stereocenters. The van der Waals surface area contributed by atoms with Gasteiger partial charge in [0, 0.05) is 24.7 Å². The molecule has 4 aromatic heterocycles. The van der Waals surface area contributed by atoms with Crippen LogP contribution in [0.25, 0.3) is 15.9 Å². The van der Waals surface area contributed by atoms with Crippen molar-refractivity contribution in [1.82, 2.24) is 29.1 Å². The van der Waals surface area contributed by atoms with Gasteiger partial charge in [0.25, 0.3) is 0 Å². The molecule has 5 rings (SSSR count). The number of halogens is 1. The van der Waals surface area contributed by atoms with Crippen LogP contribution in [0.5, 0.6) is 0 Å². The molecule has 0 saturated heterocycles. The van der Waals surface area contributed by atoms with Crippen molar-refractivity contribution < 1.29 is 0 Å². The van der Waals surface area contributed by atoms with Gasteiger partial charge in [-0.15, -0.1) is 21.5 Å². The SMILES string of the molecule is CCn1c(CSc2nc3ccccc3s2)nnc1SCc1cn2cc(Cl)ccc2n1. The first-order valence-electron chi connectivity index (χ1n) is 9.36. The number of fused-ring (bicyclic) bond motifs is 2. The van der Waals surface area contributed by atoms with Gasteiger partial charge in [-0.05, 0) is 31.2 Å². The third kappa shape index (κ3) is 4.07. The van der Waals surface area contributed by atoms with E-state index in [1.807, 2.05) is 47.1 Å². The first-order chi connectivity index (χ1) is 14.7. The Morgan fingerprint density at radius 1 is 1.00 bits per heavy atom. The fourth-order valence-electron chi connectivity index (χ4n) is 3.11. The molecule has 0 fully saturated rings. The van der Waals surface area contributed by atoms with E-state index in [9.17, 15) is 0 Å². The quantitative estimate of drug-likeness (QED) is 0.279. The van der Waals surface area contributed by atoms with Gasteiger partial charge in [0.1, 0.15) is 11.5 Å². The van der Waals surface area contributed by atoms with Crippen molar-refractivity contribution in [2.45, 2.75) is 34.5 Å². The van der Waals surface area contributed by atoms with E-state index < -0.39 is 0 Å². The zero-order valence-electron chi connectivity index (χ0n) is 16.0. The van der Waals surface area contributed by atoms with Gasteiger partial charge in [-0.1, -0.05) is 47.3 Å². The topological polar surface area (TPSA) is 60.9 Å². The Morgan fingerprint density at radius 3 is 2.77 bits per heavy atom. The van der Waals surface area contributed by atoms with Crippen LogP contribution in [0, 0.1) is 0 Å². The maximum absolute atomic E-state index is 6.06. The molecule has 0 saturated carbocycles. The summed E-state index contributed by atoms with van der Waals surface area (Å²) in [5.41, 5.74) is 2.92. The molecular formula is C20H17ClN6S3. The summed E-state index contributed by atoms with van der Waals surface area (Å²) in [4.78, 5) is 9.33. The Kier molecular flexibility index (Phi) is 5.68. The van der Waals surface area contributed by atoms with Gasteiger partial charge in [0.15, 0.2) is 9.50 Å². The number of hydrogen-bond donors (Lipinski definition) is 0. The van der Waals surface area contributed by atoms with Crippen LogP contribution in [-0.4, -0.2) is 29.1 Å². The lowest BCUT2D eigenvalue weighted by Crippen LogP contribution is -2.02. The summed E-state index contributed by atoms with van der Waals surface area (Å²) in [6.07, 6.45) is 3.87. The van der Waals surface area contributed by atoms with Crippen molar-refractivity contribution in [3.8, 4) is 0 Å². The summed E-state index contributed by atoms with van der Waals surface area (Å²) in [7, 11) is 0. The number of rotatable bonds is 7. The molecule has 4 heterocycles. The molecule has 0 radical (unpaired) electrons. The van der Waals surface area contributed by atoms with Gasteiger partial charge in [0.2, 0.25) is 0 Å². The average Bonchev–Trinajstić information content (AvgIpc) is 3.45. The van der Waals surface area contributed by atoms with E-state index in [1.54, 1.807) is 34.9 Å². The number of pyridine rings is 1. The summed E-state index contributed by atoms with van der Waals surface area (Å²) in [6.45, 7) is 2.94. The number of nitrogens with zero attached hydrogens (tertiary/aromatic N) is 6. The van der Waals surface area contributed by atoms with E-state index in [0.717, 1.165) is 50.2 Å². The number of benzene rings is 1. The van der Waals surface area contributed by atoms with Crippen LogP contribution >= 0.6 is 46.5 Å². The lowest BCUT2D eigenvalue weighted by atomic mass is 10.3. The van der Waals surface area contributed by atoms with E-state index in [4.69, 9.17) is 16.6 Å². The van der Waals surface area contributed by atoms with Crippen molar-refractivity contribution in [2.24, 2.45) is 0 Å². The summed E-state index contributed by atoms with van der Waals surface area (Å²) < 4.78 is 6.38. The number of hydrogen-bond acceptors (Lipinski definition) is 7. The maximum Gasteiger partial charge on any atom is 0.191 e. The van der Waals surface area contributed by atoms with Gasteiger partial charge in [-0.3, -0.25) is 0 Å². The standard InChI is InChI=1S/C20H17ClN6S3/c1-2-27-18(12-29-20-23-15-5-3-4-6-16(15)30-20)24-25-19(27)28-11-14-10-26-9-13(21)7-8-17(26)22-14/h3-10H,2,11-12H2,1H3. The highest BCUT2D eigenvalue weighted by atomic mass is 35.5. The predicted molar refractivity (Wildman–Crippen MR) is 125 cm³/mol. The monoisotopic (exact) mass is 472 g/mol. The Labute approximate surface area is 190 Å². The Morgan fingerprint density at radius 2 is 1.90 bits per heavy atom. The molecule has 30 heavy (non-hydrogen) atoms. The lowest BCUT2D eigenvalue weighted by molar-refractivity contribution is 0.659. The van der Waals surface area contributed by atoms with Crippen LogP contribution < -0.4 is 0 Å². The van der Waals surface area contributed by atoms with Crippen LogP contribution in [-0.2, 0) is 18.1 Å². The van der Waals surface area contributed by atoms with Crippen molar-refractivity contribution >= 4 is 62.3 Å². The number of para-hydroxylation sites is 1. The highest BCUT2D eigenvalue weighted by Crippen LogP contribution is 2.32. The summed E-state index contributed by atoms with van der Waals surface area (Å²) in [5.74, 6) is 2.43. The van der Waals surface area contributed by atoms with Crippen LogP contribution in [0.3, 0.4) is 0 Å². The largest absolute Gasteiger partial charge is 0.306 e. The van der Waals surface area contributed by atoms with Gasteiger partial charge in [-0.25, -0.2) is 9.97 Å². The second-order valence-electron chi connectivity index (χ2n) is 6.51. The normalized spacial score (nSPS) is 11.7. The van der Waals surface area contributed by atoms with Crippen LogP contribution in [0.4, 0.5) is 0 Å². The van der Waals surface area contributed by atoms with Crippen molar-refractivity contribution in [3.05, 3.63) is 65.3 Å². The minimum Gasteiger partial charge on any atom is -0.306 e. The zero-order chi connectivity index (χ0) is 20.5. The highest BCUT2D eigenvalue weighted by molar-refractivity contribution is 8.00. The molecule has 0 aliphatic rings. The van der Waals surface area contributed by atoms with Crippen molar-refractivity contribution in [1.29, 1.82) is 0 Å². The number of thioether (sulfide) groups is 2. The number of thiazole rings is 1. The molecule has 10 heteroatoms. The van der Waals surface area contributed by atoms with Crippen molar-refractivity contribution in [3.63, 3.8) is 0 Å². The molecule has 0 amide bonds. The van der Waals surface area contributed by atoms with Crippen LogP contribution in [0.1, 0.15) is 18.4 Å². The maximum atomic E-state index is 6.06. The molecular weight excluding hydrogens is 456 g/mol. The summed E-state index contributed by atoms with van der Waals surface area (Å²) in [6, 6.07) is 12.0. The molecule has 6 nitrogen and oxygen atoms in total. The molecule has 0 aliphatic heterocycles. The fraction of sp³-hybridized carbons (Fsp3) is 0.200. The molecule has 5 aromatic rings. The van der Waals surface area contributed by atoms with E-state index >= 15 is 0 Å². The third-order valence-corrected chi connectivity index (χ3v) is 7.92. The van der Waals surface area contributed by atoms with E-state index in [2.05, 4.69) is 32.7 Å². The second-order valence-corrected chi connectivity index (χ2v) is 10.1. The average molecular weight is 473 g/mol. The van der Waals surface area contributed by atoms with Crippen LogP contribution in [0.15, 0.2) is 58.3 Å². The van der Waals surface area contributed by atoms with Gasteiger partial charge in [-0.2, -0.15) is 0 Å². The van der Waals surface area contributed by atoms with Gasteiger partial charge < -0.3 is 8.97 Å². The predicted octanol–water partition coefficient (Wildman–Crippen LogP) is 5.79. The summed E-state index contributed by atoms with van der Waals surface area (Å²) in [5, 5.41) is 10.4. The lowest BCUT2D eigenvalue weighted by Gasteiger charge is -2.05. The van der Waals surface area contributed by atoms with Crippen LogP contribution in [0.2, 0.25) is 5.02 Å². The highest BCUT2D eigenvalue weighted by Gasteiger charge is 2.14. The molecule has 0 aliphatic carbocycles. The Bertz CT molecular complexity index is 1290. The van der Waals surface area contributed by atoms with Gasteiger partial charge >= 0.3 is 0 Å². The second kappa shape index (κ2) is 8.58. The smallest absolute Gasteiger partial charge is 0.191 e. The molecule has 0 atom stereocenters. The Hall–Kier alpha value is -2.07. The van der Waals surface area contributed by atoms with E-state index in [1.165, 1.54) is 4.70 Å². The first-order valence-corrected chi connectivity index (χ1v) is 12.5. The molecule has 0 N–H and O–H groups in total. The van der Waals surface area contributed by atoms with E-state index in [-0.39, 0.29) is 0 Å². The zero-order valence-corrected chi connectivity index (χ0v) is 19.2. The third-order valence-electron chi connectivity index (χ3n) is 4.52. The van der Waals surface area contributed by atoms with Crippen molar-refractivity contribution in [2.75, 3.05) is 0 Å². The molecule has 0 bridgehead atoms. The fourth-order valence-corrected chi connectivity index (χ4v) is 6.20. The number of aromatic nitrogens is 6. The Balaban J connectivity index is 1.28. The molecule has 0 spiro atoms.